The normalized spacial score (nSPS) is 10.5. The lowest BCUT2D eigenvalue weighted by atomic mass is 10.2. The molecule has 0 radical (unpaired) electrons. The molecular weight excluding hydrogens is 386 g/mol. The predicted molar refractivity (Wildman–Crippen MR) is 101 cm³/mol. The Morgan fingerprint density at radius 3 is 2.46 bits per heavy atom. The van der Waals surface area contributed by atoms with Crippen molar-refractivity contribution < 1.29 is 22.7 Å². The highest BCUT2D eigenvalue weighted by atomic mass is 32.2. The number of rotatable bonds is 4. The highest BCUT2D eigenvalue weighted by Crippen LogP contribution is 2.10. The first-order valence-corrected chi connectivity index (χ1v) is 9.41. The number of para-hydroxylation sites is 1. The smallest absolute Gasteiger partial charge is 0.420 e. The summed E-state index contributed by atoms with van der Waals surface area (Å²) in [6.45, 7) is 0. The van der Waals surface area contributed by atoms with Crippen molar-refractivity contribution in [1.82, 2.24) is 14.7 Å². The van der Waals surface area contributed by atoms with Crippen LogP contribution in [0, 0.1) is 0 Å². The van der Waals surface area contributed by atoms with E-state index >= 15 is 0 Å². The minimum atomic E-state index is -3.92. The number of hydrogen-bond donors (Lipinski definition) is 2. The first-order valence-electron chi connectivity index (χ1n) is 7.93. The van der Waals surface area contributed by atoms with Gasteiger partial charge < -0.3 is 14.5 Å². The van der Waals surface area contributed by atoms with Gasteiger partial charge in [0.25, 0.3) is 15.6 Å². The Labute approximate surface area is 160 Å². The first kappa shape index (κ1) is 20.8. The van der Waals surface area contributed by atoms with Crippen LogP contribution in [0.1, 0.15) is 5.56 Å². The molecule has 1 aromatic heterocycles. The fraction of sp³-hybridized carbons (Fsp3) is 0.111. The van der Waals surface area contributed by atoms with Gasteiger partial charge >= 0.3 is 6.09 Å². The van der Waals surface area contributed by atoms with Gasteiger partial charge in [0, 0.05) is 6.42 Å². The monoisotopic (exact) mass is 403 g/mol. The molecule has 3 rings (SSSR count). The van der Waals surface area contributed by atoms with E-state index < -0.39 is 16.1 Å². The quantitative estimate of drug-likeness (QED) is 0.629. The van der Waals surface area contributed by atoms with Crippen LogP contribution in [-0.4, -0.2) is 37.9 Å². The molecule has 0 bridgehead atoms. The molecule has 2 aromatic carbocycles. The Kier molecular flexibility index (Phi) is 6.99. The second-order valence-electron chi connectivity index (χ2n) is 5.36. The molecule has 9 nitrogen and oxygen atoms in total. The summed E-state index contributed by atoms with van der Waals surface area (Å²) in [4.78, 5) is 38.6. The number of carbonyl (C=O) groups is 2. The van der Waals surface area contributed by atoms with Crippen LogP contribution in [0.4, 0.5) is 4.79 Å². The van der Waals surface area contributed by atoms with Crippen LogP contribution in [-0.2, 0) is 26.0 Å². The SMILES string of the molecule is COC(=O)NS(=O)(=O)c1ccc(CC=O)cc1.O=c1[nH]cnc2ccccc12. The van der Waals surface area contributed by atoms with Gasteiger partial charge in [-0.05, 0) is 29.8 Å². The standard InChI is InChI=1S/C10H11NO5S.C8H6N2O/c1-16-10(13)11-17(14,15)9-4-2-8(3-5-9)6-7-12;11-8-6-3-1-2-4-7(6)9-5-10-8/h2-5,7H,6H2,1H3,(H,11,13);1-5H,(H,9,10,11). The van der Waals surface area contributed by atoms with Gasteiger partial charge in [0.05, 0.1) is 29.2 Å². The summed E-state index contributed by atoms with van der Waals surface area (Å²) in [5.74, 6) is 0. The zero-order chi connectivity index (χ0) is 20.6. The number of hydrogen-bond acceptors (Lipinski definition) is 7. The van der Waals surface area contributed by atoms with Gasteiger partial charge in [-0.3, -0.25) is 4.79 Å². The van der Waals surface area contributed by atoms with Crippen LogP contribution in [0.25, 0.3) is 10.9 Å². The summed E-state index contributed by atoms with van der Waals surface area (Å²) < 4.78 is 29.1. The molecule has 0 aliphatic carbocycles. The second kappa shape index (κ2) is 9.42. The zero-order valence-corrected chi connectivity index (χ0v) is 15.6. The highest BCUT2D eigenvalue weighted by Gasteiger charge is 2.17. The van der Waals surface area contributed by atoms with Crippen molar-refractivity contribution in [3.05, 3.63) is 70.8 Å². The number of methoxy groups -OCH3 is 1. The van der Waals surface area contributed by atoms with Gasteiger partial charge in [-0.15, -0.1) is 0 Å². The van der Waals surface area contributed by atoms with E-state index in [1.165, 1.54) is 30.6 Å². The number of nitrogens with one attached hydrogen (secondary N) is 2. The van der Waals surface area contributed by atoms with Crippen molar-refractivity contribution in [1.29, 1.82) is 0 Å². The second-order valence-corrected chi connectivity index (χ2v) is 7.04. The number of aldehydes is 1. The summed E-state index contributed by atoms with van der Waals surface area (Å²) in [5.41, 5.74) is 1.34. The summed E-state index contributed by atoms with van der Waals surface area (Å²) in [6.07, 6.45) is 1.29. The molecule has 0 aliphatic heterocycles. The maximum absolute atomic E-state index is 11.6. The van der Waals surface area contributed by atoms with E-state index in [2.05, 4.69) is 14.7 Å². The fourth-order valence-electron chi connectivity index (χ4n) is 2.13. The van der Waals surface area contributed by atoms with Crippen molar-refractivity contribution in [2.75, 3.05) is 7.11 Å². The van der Waals surface area contributed by atoms with Crippen molar-refractivity contribution >= 4 is 33.3 Å². The Bertz CT molecular complexity index is 1120. The van der Waals surface area contributed by atoms with E-state index in [-0.39, 0.29) is 16.9 Å². The lowest BCUT2D eigenvalue weighted by Crippen LogP contribution is -2.30. The third-order valence-electron chi connectivity index (χ3n) is 3.50. The zero-order valence-electron chi connectivity index (χ0n) is 14.8. The number of fused-ring (bicyclic) bond motifs is 1. The van der Waals surface area contributed by atoms with Gasteiger partial charge in [-0.2, -0.15) is 0 Å². The van der Waals surface area contributed by atoms with Crippen LogP contribution < -0.4 is 10.3 Å². The van der Waals surface area contributed by atoms with Crippen molar-refractivity contribution in [3.8, 4) is 0 Å². The van der Waals surface area contributed by atoms with Gasteiger partial charge in [0.2, 0.25) is 0 Å². The van der Waals surface area contributed by atoms with Gasteiger partial charge in [0.15, 0.2) is 0 Å². The van der Waals surface area contributed by atoms with E-state index in [1.807, 2.05) is 18.2 Å². The highest BCUT2D eigenvalue weighted by molar-refractivity contribution is 7.90. The molecular formula is C18H17N3O6S. The molecule has 28 heavy (non-hydrogen) atoms. The Balaban J connectivity index is 0.000000218. The largest absolute Gasteiger partial charge is 0.452 e. The molecule has 2 N–H and O–H groups in total. The van der Waals surface area contributed by atoms with Gasteiger partial charge in [0.1, 0.15) is 6.29 Å². The maximum atomic E-state index is 11.6. The molecule has 0 saturated heterocycles. The van der Waals surface area contributed by atoms with Crippen molar-refractivity contribution in [2.24, 2.45) is 0 Å². The number of H-pyrrole nitrogens is 1. The summed E-state index contributed by atoms with van der Waals surface area (Å²) >= 11 is 0. The summed E-state index contributed by atoms with van der Waals surface area (Å²) in [5, 5.41) is 0.634. The van der Waals surface area contributed by atoms with E-state index in [1.54, 1.807) is 10.8 Å². The number of amides is 1. The number of aromatic nitrogens is 2. The van der Waals surface area contributed by atoms with Crippen LogP contribution in [0.2, 0.25) is 0 Å². The lowest BCUT2D eigenvalue weighted by molar-refractivity contribution is -0.107. The number of benzene rings is 2. The molecule has 0 saturated carbocycles. The third kappa shape index (κ3) is 5.48. The fourth-order valence-corrected chi connectivity index (χ4v) is 3.04. The molecule has 1 amide bonds. The average molecular weight is 403 g/mol. The third-order valence-corrected chi connectivity index (χ3v) is 4.83. The Hall–Kier alpha value is -3.53. The maximum Gasteiger partial charge on any atom is 0.420 e. The molecule has 0 spiro atoms. The van der Waals surface area contributed by atoms with Crippen molar-refractivity contribution in [3.63, 3.8) is 0 Å². The number of ether oxygens (including phenoxy) is 1. The number of sulfonamides is 1. The number of nitrogens with zero attached hydrogens (tertiary/aromatic N) is 1. The predicted octanol–water partition coefficient (Wildman–Crippen LogP) is 1.40. The molecule has 146 valence electrons. The van der Waals surface area contributed by atoms with Crippen LogP contribution >= 0.6 is 0 Å². The molecule has 3 aromatic rings. The number of carbonyl (C=O) groups excluding carboxylic acids is 2. The van der Waals surface area contributed by atoms with E-state index in [0.29, 0.717) is 10.9 Å². The lowest BCUT2D eigenvalue weighted by Gasteiger charge is -2.05. The molecule has 0 atom stereocenters. The minimum absolute atomic E-state index is 0.0717. The topological polar surface area (TPSA) is 135 Å². The summed E-state index contributed by atoms with van der Waals surface area (Å²) in [6, 6.07) is 12.9. The van der Waals surface area contributed by atoms with Gasteiger partial charge in [-0.25, -0.2) is 22.9 Å². The molecule has 0 fully saturated rings. The van der Waals surface area contributed by atoms with Crippen LogP contribution in [0.15, 0.2) is 64.5 Å². The average Bonchev–Trinajstić information content (AvgIpc) is 2.69. The van der Waals surface area contributed by atoms with E-state index in [9.17, 15) is 22.8 Å². The Morgan fingerprint density at radius 2 is 1.86 bits per heavy atom. The molecule has 10 heteroatoms. The molecule has 1 heterocycles. The van der Waals surface area contributed by atoms with E-state index in [4.69, 9.17) is 0 Å². The van der Waals surface area contributed by atoms with Crippen LogP contribution in [0.3, 0.4) is 0 Å². The first-order chi connectivity index (χ1) is 13.4. The minimum Gasteiger partial charge on any atom is -0.452 e. The molecule has 0 unspecified atom stereocenters. The summed E-state index contributed by atoms with van der Waals surface area (Å²) in [7, 11) is -2.85. The molecule has 0 aliphatic rings. The number of aromatic amines is 1. The Morgan fingerprint density at radius 1 is 1.18 bits per heavy atom. The van der Waals surface area contributed by atoms with Crippen molar-refractivity contribution in [2.45, 2.75) is 11.3 Å². The van der Waals surface area contributed by atoms with Crippen LogP contribution in [0.5, 0.6) is 0 Å². The van der Waals surface area contributed by atoms with Gasteiger partial charge in [-0.1, -0.05) is 24.3 Å². The van der Waals surface area contributed by atoms with E-state index in [0.717, 1.165) is 18.9 Å².